The third-order valence-corrected chi connectivity index (χ3v) is 3.61. The molecule has 1 fully saturated rings. The number of likely N-dealkylation sites (tertiary alicyclic amines) is 1. The summed E-state index contributed by atoms with van der Waals surface area (Å²) in [6.07, 6.45) is 3.04. The topological polar surface area (TPSA) is 71.5 Å². The number of nitrogens with two attached hydrogens (primary N) is 1. The number of carbonyl (C=O) groups excluding carboxylic acids is 1. The van der Waals surface area contributed by atoms with E-state index in [0.717, 1.165) is 6.54 Å². The smallest absolute Gasteiger partial charge is 0.270 e. The highest BCUT2D eigenvalue weighted by molar-refractivity contribution is 5.94. The van der Waals surface area contributed by atoms with Gasteiger partial charge in [0.1, 0.15) is 5.69 Å². The van der Waals surface area contributed by atoms with Crippen molar-refractivity contribution in [1.82, 2.24) is 9.47 Å². The summed E-state index contributed by atoms with van der Waals surface area (Å²) in [4.78, 5) is 14.2. The van der Waals surface area contributed by atoms with E-state index >= 15 is 0 Å². The van der Waals surface area contributed by atoms with Gasteiger partial charge in [-0.1, -0.05) is 0 Å². The number of anilines is 1. The highest BCUT2D eigenvalue weighted by Gasteiger charge is 2.30. The zero-order chi connectivity index (χ0) is 13.3. The quantitative estimate of drug-likeness (QED) is 0.826. The lowest BCUT2D eigenvalue weighted by Gasteiger charge is -2.35. The minimum atomic E-state index is -0.636. The fourth-order valence-electron chi connectivity index (χ4n) is 2.33. The van der Waals surface area contributed by atoms with E-state index in [1.165, 1.54) is 0 Å². The fraction of sp³-hybridized carbons (Fsp3) is 0.615. The third kappa shape index (κ3) is 2.51. The summed E-state index contributed by atoms with van der Waals surface area (Å²) in [5, 5.41) is 9.89. The van der Waals surface area contributed by atoms with Gasteiger partial charge >= 0.3 is 0 Å². The summed E-state index contributed by atoms with van der Waals surface area (Å²) in [6, 6.07) is 1.72. The molecule has 18 heavy (non-hydrogen) atoms. The molecule has 1 amide bonds. The lowest BCUT2D eigenvalue weighted by atomic mass is 9.94. The van der Waals surface area contributed by atoms with E-state index in [-0.39, 0.29) is 5.91 Å². The van der Waals surface area contributed by atoms with Crippen LogP contribution in [0.3, 0.4) is 0 Å². The van der Waals surface area contributed by atoms with Gasteiger partial charge in [-0.05, 0) is 32.8 Å². The van der Waals surface area contributed by atoms with Crippen LogP contribution in [0.25, 0.3) is 0 Å². The Kier molecular flexibility index (Phi) is 3.34. The molecule has 2 rings (SSSR count). The molecule has 0 unspecified atom stereocenters. The first kappa shape index (κ1) is 13.0. The molecule has 1 aliphatic rings. The molecule has 5 heteroatoms. The number of hydrogen-bond acceptors (Lipinski definition) is 3. The van der Waals surface area contributed by atoms with E-state index in [4.69, 9.17) is 5.73 Å². The second kappa shape index (κ2) is 4.65. The predicted octanol–water partition coefficient (Wildman–Crippen LogP) is 1.08. The van der Waals surface area contributed by atoms with Crippen molar-refractivity contribution in [2.24, 2.45) is 0 Å². The van der Waals surface area contributed by atoms with Crippen LogP contribution in [-0.4, -0.2) is 39.2 Å². The van der Waals surface area contributed by atoms with E-state index in [1.807, 2.05) is 18.4 Å². The van der Waals surface area contributed by atoms with Gasteiger partial charge < -0.3 is 20.3 Å². The molecule has 0 saturated carbocycles. The van der Waals surface area contributed by atoms with Crippen LogP contribution in [0.4, 0.5) is 5.69 Å². The standard InChI is InChI=1S/C13H21N3O2/c1-3-15-9-10(14)8-11(15)12(17)16-6-4-13(2,18)5-7-16/h8-9,18H,3-7,14H2,1-2H3. The van der Waals surface area contributed by atoms with Crippen LogP contribution in [-0.2, 0) is 6.54 Å². The van der Waals surface area contributed by atoms with E-state index in [9.17, 15) is 9.90 Å². The SMILES string of the molecule is CCn1cc(N)cc1C(=O)N1CCC(C)(O)CC1. The number of aromatic nitrogens is 1. The summed E-state index contributed by atoms with van der Waals surface area (Å²) in [7, 11) is 0. The molecular formula is C13H21N3O2. The summed E-state index contributed by atoms with van der Waals surface area (Å²) in [5.41, 5.74) is 6.35. The molecule has 5 nitrogen and oxygen atoms in total. The van der Waals surface area contributed by atoms with Crippen molar-refractivity contribution in [3.63, 3.8) is 0 Å². The molecule has 1 aromatic rings. The number of nitrogens with zero attached hydrogens (tertiary/aromatic N) is 2. The number of aryl methyl sites for hydroxylation is 1. The molecule has 0 aromatic carbocycles. The first-order valence-corrected chi connectivity index (χ1v) is 6.40. The van der Waals surface area contributed by atoms with Crippen LogP contribution in [0.5, 0.6) is 0 Å². The van der Waals surface area contributed by atoms with Crippen molar-refractivity contribution in [2.75, 3.05) is 18.8 Å². The Morgan fingerprint density at radius 2 is 2.11 bits per heavy atom. The number of amides is 1. The van der Waals surface area contributed by atoms with Gasteiger partial charge in [-0.25, -0.2) is 0 Å². The van der Waals surface area contributed by atoms with Gasteiger partial charge in [0.2, 0.25) is 0 Å². The average molecular weight is 251 g/mol. The van der Waals surface area contributed by atoms with Gasteiger partial charge in [-0.2, -0.15) is 0 Å². The summed E-state index contributed by atoms with van der Waals surface area (Å²) < 4.78 is 1.87. The van der Waals surface area contributed by atoms with Gasteiger partial charge in [-0.15, -0.1) is 0 Å². The zero-order valence-electron chi connectivity index (χ0n) is 11.0. The van der Waals surface area contributed by atoms with Crippen molar-refractivity contribution >= 4 is 11.6 Å². The molecule has 0 spiro atoms. The zero-order valence-corrected chi connectivity index (χ0v) is 11.0. The van der Waals surface area contributed by atoms with E-state index < -0.39 is 5.60 Å². The van der Waals surface area contributed by atoms with Crippen LogP contribution in [0, 0.1) is 0 Å². The molecule has 1 saturated heterocycles. The van der Waals surface area contributed by atoms with Crippen molar-refractivity contribution in [2.45, 2.75) is 38.8 Å². The van der Waals surface area contributed by atoms with Crippen LogP contribution < -0.4 is 5.73 Å². The van der Waals surface area contributed by atoms with E-state index in [2.05, 4.69) is 0 Å². The first-order chi connectivity index (χ1) is 8.43. The number of aliphatic hydroxyl groups is 1. The Balaban J connectivity index is 2.12. The summed E-state index contributed by atoms with van der Waals surface area (Å²) in [5.74, 6) is 0.00375. The van der Waals surface area contributed by atoms with Crippen LogP contribution in [0.1, 0.15) is 37.2 Å². The molecule has 100 valence electrons. The van der Waals surface area contributed by atoms with Crippen LogP contribution in [0.15, 0.2) is 12.3 Å². The van der Waals surface area contributed by atoms with Crippen molar-refractivity contribution in [3.05, 3.63) is 18.0 Å². The maximum atomic E-state index is 12.4. The Bertz CT molecular complexity index is 441. The Morgan fingerprint density at radius 3 is 2.67 bits per heavy atom. The maximum absolute atomic E-state index is 12.4. The maximum Gasteiger partial charge on any atom is 0.270 e. The van der Waals surface area contributed by atoms with Crippen LogP contribution in [0.2, 0.25) is 0 Å². The average Bonchev–Trinajstić information content (AvgIpc) is 2.69. The number of piperidine rings is 1. The monoisotopic (exact) mass is 251 g/mol. The molecule has 2 heterocycles. The molecule has 1 aliphatic heterocycles. The Morgan fingerprint density at radius 1 is 1.50 bits per heavy atom. The van der Waals surface area contributed by atoms with Gasteiger partial charge in [0, 0.05) is 25.8 Å². The molecule has 3 N–H and O–H groups in total. The second-order valence-corrected chi connectivity index (χ2v) is 5.23. The number of rotatable bonds is 2. The normalized spacial score (nSPS) is 18.9. The number of carbonyl (C=O) groups is 1. The fourth-order valence-corrected chi connectivity index (χ4v) is 2.33. The van der Waals surface area contributed by atoms with Crippen molar-refractivity contribution in [3.8, 4) is 0 Å². The Labute approximate surface area is 107 Å². The van der Waals surface area contributed by atoms with Gasteiger partial charge in [0.15, 0.2) is 0 Å². The first-order valence-electron chi connectivity index (χ1n) is 6.40. The lowest BCUT2D eigenvalue weighted by molar-refractivity contribution is -0.00231. The van der Waals surface area contributed by atoms with E-state index in [0.29, 0.717) is 37.3 Å². The predicted molar refractivity (Wildman–Crippen MR) is 70.3 cm³/mol. The highest BCUT2D eigenvalue weighted by atomic mass is 16.3. The molecule has 0 bridgehead atoms. The highest BCUT2D eigenvalue weighted by Crippen LogP contribution is 2.23. The van der Waals surface area contributed by atoms with Gasteiger partial charge in [0.05, 0.1) is 11.3 Å². The van der Waals surface area contributed by atoms with Crippen LogP contribution >= 0.6 is 0 Å². The molecule has 1 aromatic heterocycles. The molecule has 0 radical (unpaired) electrons. The third-order valence-electron chi connectivity index (χ3n) is 3.61. The van der Waals surface area contributed by atoms with E-state index in [1.54, 1.807) is 17.2 Å². The summed E-state index contributed by atoms with van der Waals surface area (Å²) >= 11 is 0. The summed E-state index contributed by atoms with van der Waals surface area (Å²) in [6.45, 7) is 5.73. The number of nitrogen functional groups attached to an aromatic ring is 1. The second-order valence-electron chi connectivity index (χ2n) is 5.23. The van der Waals surface area contributed by atoms with Gasteiger partial charge in [0.25, 0.3) is 5.91 Å². The minimum Gasteiger partial charge on any atom is -0.397 e. The van der Waals surface area contributed by atoms with Gasteiger partial charge in [-0.3, -0.25) is 4.79 Å². The Hall–Kier alpha value is -1.49. The lowest BCUT2D eigenvalue weighted by Crippen LogP contribution is -2.45. The van der Waals surface area contributed by atoms with Crippen molar-refractivity contribution < 1.29 is 9.90 Å². The largest absolute Gasteiger partial charge is 0.397 e. The molecule has 0 aliphatic carbocycles. The molecular weight excluding hydrogens is 230 g/mol. The minimum absolute atomic E-state index is 0.00375. The van der Waals surface area contributed by atoms with Crippen molar-refractivity contribution in [1.29, 1.82) is 0 Å². The number of hydrogen-bond donors (Lipinski definition) is 2. The molecule has 0 atom stereocenters.